The highest BCUT2D eigenvalue weighted by Crippen LogP contribution is 2.32. The van der Waals surface area contributed by atoms with Gasteiger partial charge < -0.3 is 20.1 Å². The van der Waals surface area contributed by atoms with Crippen molar-refractivity contribution in [1.82, 2.24) is 9.97 Å². The maximum atomic E-state index is 12.4. The Hall–Kier alpha value is -2.77. The SMILES string of the molecule is COc1ccc(NCc2nc3c(sc4ccc(Cl)cc43)c(=O)[nH]2)cc1O. The van der Waals surface area contributed by atoms with Crippen LogP contribution in [0.2, 0.25) is 5.02 Å². The molecule has 2 aromatic carbocycles. The number of hydrogen-bond donors (Lipinski definition) is 3. The Morgan fingerprint density at radius 3 is 2.92 bits per heavy atom. The number of rotatable bonds is 4. The average Bonchev–Trinajstić information content (AvgIpc) is 2.99. The molecule has 0 atom stereocenters. The van der Waals surface area contributed by atoms with Gasteiger partial charge in [0.1, 0.15) is 10.5 Å². The molecule has 0 unspecified atom stereocenters. The summed E-state index contributed by atoms with van der Waals surface area (Å²) in [6.07, 6.45) is 0. The van der Waals surface area contributed by atoms with Gasteiger partial charge in [-0.15, -0.1) is 11.3 Å². The number of nitrogens with one attached hydrogen (secondary N) is 2. The third-order valence-electron chi connectivity index (χ3n) is 3.97. The van der Waals surface area contributed by atoms with Gasteiger partial charge in [-0.3, -0.25) is 4.79 Å². The van der Waals surface area contributed by atoms with Gasteiger partial charge in [-0.25, -0.2) is 4.98 Å². The number of aromatic nitrogens is 2. The van der Waals surface area contributed by atoms with Crippen LogP contribution in [0.1, 0.15) is 5.82 Å². The summed E-state index contributed by atoms with van der Waals surface area (Å²) < 4.78 is 6.56. The molecule has 0 bridgehead atoms. The second-order valence-corrected chi connectivity index (χ2v) is 7.16. The Labute approximate surface area is 157 Å². The summed E-state index contributed by atoms with van der Waals surface area (Å²) in [5.74, 6) is 0.926. The number of phenols is 1. The Kier molecular flexibility index (Phi) is 4.18. The summed E-state index contributed by atoms with van der Waals surface area (Å²) in [6.45, 7) is 0.300. The summed E-state index contributed by atoms with van der Waals surface area (Å²) in [6, 6.07) is 10.5. The van der Waals surface area contributed by atoms with E-state index in [2.05, 4.69) is 15.3 Å². The van der Waals surface area contributed by atoms with E-state index in [4.69, 9.17) is 16.3 Å². The van der Waals surface area contributed by atoms with Crippen molar-refractivity contribution in [2.45, 2.75) is 6.54 Å². The Morgan fingerprint density at radius 2 is 2.15 bits per heavy atom. The van der Waals surface area contributed by atoms with Gasteiger partial charge in [0.05, 0.1) is 19.2 Å². The van der Waals surface area contributed by atoms with Crippen LogP contribution in [0.15, 0.2) is 41.2 Å². The van der Waals surface area contributed by atoms with Crippen molar-refractivity contribution < 1.29 is 9.84 Å². The Bertz CT molecular complexity index is 1190. The number of hydrogen-bond acceptors (Lipinski definition) is 6. The highest BCUT2D eigenvalue weighted by atomic mass is 35.5. The van der Waals surface area contributed by atoms with Gasteiger partial charge in [0, 0.05) is 26.9 Å². The number of methoxy groups -OCH3 is 1. The van der Waals surface area contributed by atoms with E-state index < -0.39 is 0 Å². The molecule has 26 heavy (non-hydrogen) atoms. The second-order valence-electron chi connectivity index (χ2n) is 5.67. The second kappa shape index (κ2) is 6.51. The van der Waals surface area contributed by atoms with Crippen LogP contribution in [-0.2, 0) is 6.54 Å². The van der Waals surface area contributed by atoms with E-state index >= 15 is 0 Å². The maximum absolute atomic E-state index is 12.4. The number of aromatic hydroxyl groups is 1. The van der Waals surface area contributed by atoms with E-state index in [1.807, 2.05) is 12.1 Å². The van der Waals surface area contributed by atoms with Crippen LogP contribution in [0, 0.1) is 0 Å². The molecule has 8 heteroatoms. The molecule has 0 saturated heterocycles. The molecule has 0 amide bonds. The lowest BCUT2D eigenvalue weighted by Gasteiger charge is -2.08. The van der Waals surface area contributed by atoms with Crippen molar-refractivity contribution in [2.24, 2.45) is 0 Å². The van der Waals surface area contributed by atoms with Gasteiger partial charge in [0.25, 0.3) is 5.56 Å². The lowest BCUT2D eigenvalue weighted by molar-refractivity contribution is 0.373. The predicted octanol–water partition coefficient (Wildman–Crippen LogP) is 4.12. The number of ether oxygens (including phenoxy) is 1. The van der Waals surface area contributed by atoms with Crippen LogP contribution in [0.5, 0.6) is 11.5 Å². The number of phenolic OH excluding ortho intramolecular Hbond substituents is 1. The van der Waals surface area contributed by atoms with Crippen molar-refractivity contribution in [3.05, 3.63) is 57.6 Å². The molecule has 132 valence electrons. The van der Waals surface area contributed by atoms with Gasteiger partial charge in [-0.2, -0.15) is 0 Å². The smallest absolute Gasteiger partial charge is 0.268 e. The number of fused-ring (bicyclic) bond motifs is 3. The zero-order valence-electron chi connectivity index (χ0n) is 13.7. The van der Waals surface area contributed by atoms with Crippen LogP contribution in [-0.4, -0.2) is 22.2 Å². The van der Waals surface area contributed by atoms with E-state index in [0.29, 0.717) is 39.0 Å². The molecule has 4 rings (SSSR count). The predicted molar refractivity (Wildman–Crippen MR) is 105 cm³/mol. The zero-order chi connectivity index (χ0) is 18.3. The van der Waals surface area contributed by atoms with Gasteiger partial charge in [-0.05, 0) is 30.3 Å². The molecule has 0 fully saturated rings. The monoisotopic (exact) mass is 387 g/mol. The van der Waals surface area contributed by atoms with Gasteiger partial charge in [0.15, 0.2) is 11.5 Å². The Balaban J connectivity index is 1.68. The Morgan fingerprint density at radius 1 is 1.31 bits per heavy atom. The van der Waals surface area contributed by atoms with Crippen molar-refractivity contribution in [2.75, 3.05) is 12.4 Å². The van der Waals surface area contributed by atoms with Gasteiger partial charge >= 0.3 is 0 Å². The first kappa shape index (κ1) is 16.7. The third kappa shape index (κ3) is 2.95. The largest absolute Gasteiger partial charge is 0.504 e. The molecule has 0 saturated carbocycles. The number of aromatic amines is 1. The number of halogens is 1. The molecule has 0 aliphatic carbocycles. The summed E-state index contributed by atoms with van der Waals surface area (Å²) in [5.41, 5.74) is 1.15. The lowest BCUT2D eigenvalue weighted by atomic mass is 10.2. The molecule has 0 radical (unpaired) electrons. The lowest BCUT2D eigenvalue weighted by Crippen LogP contribution is -2.13. The first-order valence-corrected chi connectivity index (χ1v) is 8.96. The summed E-state index contributed by atoms with van der Waals surface area (Å²) in [5, 5.41) is 14.4. The molecular weight excluding hydrogens is 374 g/mol. The fourth-order valence-corrected chi connectivity index (χ4v) is 3.93. The number of thiophene rings is 1. The molecule has 6 nitrogen and oxygen atoms in total. The molecule has 0 aliphatic rings. The number of nitrogens with zero attached hydrogens (tertiary/aromatic N) is 1. The van der Waals surface area contributed by atoms with Gasteiger partial charge in [0.2, 0.25) is 0 Å². The molecule has 0 aliphatic heterocycles. The minimum Gasteiger partial charge on any atom is -0.504 e. The topological polar surface area (TPSA) is 87.2 Å². The molecular formula is C18H14ClN3O3S. The van der Waals surface area contributed by atoms with E-state index in [-0.39, 0.29) is 11.3 Å². The summed E-state index contributed by atoms with van der Waals surface area (Å²) in [4.78, 5) is 19.8. The molecule has 4 aromatic rings. The minimum absolute atomic E-state index is 0.0351. The number of benzene rings is 2. The van der Waals surface area contributed by atoms with E-state index in [0.717, 1.165) is 10.1 Å². The van der Waals surface area contributed by atoms with E-state index in [1.54, 1.807) is 24.3 Å². The average molecular weight is 388 g/mol. The van der Waals surface area contributed by atoms with Crippen molar-refractivity contribution in [3.63, 3.8) is 0 Å². The van der Waals surface area contributed by atoms with Gasteiger partial charge in [-0.1, -0.05) is 11.6 Å². The molecule has 0 spiro atoms. The third-order valence-corrected chi connectivity index (χ3v) is 5.37. The summed E-state index contributed by atoms with van der Waals surface area (Å²) in [7, 11) is 1.49. The van der Waals surface area contributed by atoms with Crippen LogP contribution in [0.3, 0.4) is 0 Å². The molecule has 3 N–H and O–H groups in total. The van der Waals surface area contributed by atoms with Crippen LogP contribution in [0.25, 0.3) is 20.3 Å². The van der Waals surface area contributed by atoms with Crippen molar-refractivity contribution >= 4 is 48.9 Å². The maximum Gasteiger partial charge on any atom is 0.268 e. The van der Waals surface area contributed by atoms with Crippen molar-refractivity contribution in [3.8, 4) is 11.5 Å². The van der Waals surface area contributed by atoms with E-state index in [1.165, 1.54) is 18.4 Å². The first-order chi connectivity index (χ1) is 12.5. The molecule has 2 aromatic heterocycles. The highest BCUT2D eigenvalue weighted by molar-refractivity contribution is 7.25. The van der Waals surface area contributed by atoms with Crippen molar-refractivity contribution in [1.29, 1.82) is 0 Å². The van der Waals surface area contributed by atoms with Crippen LogP contribution < -0.4 is 15.6 Å². The first-order valence-electron chi connectivity index (χ1n) is 7.77. The fraction of sp³-hybridized carbons (Fsp3) is 0.111. The standard InChI is InChI=1S/C18H14ClN3O3S/c1-25-13-4-3-10(7-12(13)23)20-8-15-21-16-11-6-9(19)2-5-14(11)26-17(16)18(24)22-15/h2-7,20,23H,8H2,1H3,(H,21,22,24). The number of H-pyrrole nitrogens is 1. The van der Waals surface area contributed by atoms with Crippen LogP contribution >= 0.6 is 22.9 Å². The van der Waals surface area contributed by atoms with E-state index in [9.17, 15) is 9.90 Å². The van der Waals surface area contributed by atoms with Crippen LogP contribution in [0.4, 0.5) is 5.69 Å². The number of anilines is 1. The minimum atomic E-state index is -0.179. The quantitative estimate of drug-likeness (QED) is 0.490. The summed E-state index contributed by atoms with van der Waals surface area (Å²) >= 11 is 7.47. The zero-order valence-corrected chi connectivity index (χ0v) is 15.2. The highest BCUT2D eigenvalue weighted by Gasteiger charge is 2.12. The molecule has 2 heterocycles. The fourth-order valence-electron chi connectivity index (χ4n) is 2.74. The normalized spacial score (nSPS) is 11.2.